The van der Waals surface area contributed by atoms with Crippen molar-refractivity contribution in [3.8, 4) is 0 Å². The average molecular weight is 250 g/mol. The maximum absolute atomic E-state index is 11.9. The molecule has 0 aliphatic rings. The van der Waals surface area contributed by atoms with Gasteiger partial charge in [0.2, 0.25) is 0 Å². The number of hydrogen-bond donors (Lipinski definition) is 1. The second-order valence-electron chi connectivity index (χ2n) is 2.82. The zero-order valence-corrected chi connectivity index (χ0v) is 10.5. The van der Waals surface area contributed by atoms with E-state index in [0.717, 1.165) is 0 Å². The molecule has 4 nitrogen and oxygen atoms in total. The van der Waals surface area contributed by atoms with Crippen LogP contribution in [0.3, 0.4) is 0 Å². The maximum atomic E-state index is 11.9. The quantitative estimate of drug-likeness (QED) is 0.623. The lowest BCUT2D eigenvalue weighted by molar-refractivity contribution is -0.0275. The lowest BCUT2D eigenvalue weighted by Crippen LogP contribution is -2.03. The summed E-state index contributed by atoms with van der Waals surface area (Å²) >= 11 is 1.35. The first-order chi connectivity index (χ1) is 7.11. The SMILES string of the molecule is CCO[P@@](=O)(CC)O[C@@H](O)c1cccs1. The molecule has 1 aromatic rings. The van der Waals surface area contributed by atoms with Crippen LogP contribution in [-0.2, 0) is 13.6 Å². The van der Waals surface area contributed by atoms with Crippen molar-refractivity contribution in [2.24, 2.45) is 0 Å². The minimum Gasteiger partial charge on any atom is -0.363 e. The molecule has 0 saturated heterocycles. The molecule has 0 saturated carbocycles. The molecule has 0 amide bonds. The van der Waals surface area contributed by atoms with Crippen molar-refractivity contribution in [3.05, 3.63) is 22.4 Å². The fourth-order valence-corrected chi connectivity index (χ4v) is 2.94. The molecule has 1 aromatic heterocycles. The summed E-state index contributed by atoms with van der Waals surface area (Å²) in [6.07, 6.45) is -0.911. The lowest BCUT2D eigenvalue weighted by atomic mass is 10.5. The Morgan fingerprint density at radius 1 is 1.60 bits per heavy atom. The highest BCUT2D eigenvalue weighted by molar-refractivity contribution is 7.53. The fourth-order valence-electron chi connectivity index (χ4n) is 1.03. The van der Waals surface area contributed by atoms with Crippen LogP contribution in [0.2, 0.25) is 0 Å². The van der Waals surface area contributed by atoms with Gasteiger partial charge in [0, 0.05) is 6.16 Å². The molecule has 0 aliphatic carbocycles. The van der Waals surface area contributed by atoms with Crippen molar-refractivity contribution in [1.82, 2.24) is 0 Å². The normalized spacial score (nSPS) is 17.3. The molecule has 1 heterocycles. The standard InChI is InChI=1S/C9H15O4PS/c1-3-12-14(11,4-2)13-9(10)8-6-5-7-15-8/h5-7,9-10H,3-4H2,1-2H3/t9-,14+/m1/s1. The van der Waals surface area contributed by atoms with Crippen molar-refractivity contribution in [2.45, 2.75) is 20.1 Å². The van der Waals surface area contributed by atoms with E-state index >= 15 is 0 Å². The minimum atomic E-state index is -3.14. The number of aliphatic hydroxyl groups is 1. The van der Waals surface area contributed by atoms with Gasteiger partial charge in [-0.2, -0.15) is 0 Å². The molecule has 6 heteroatoms. The third kappa shape index (κ3) is 3.70. The van der Waals surface area contributed by atoms with Crippen molar-refractivity contribution >= 4 is 18.9 Å². The molecule has 15 heavy (non-hydrogen) atoms. The molecular formula is C9H15O4PS. The van der Waals surface area contributed by atoms with Crippen LogP contribution in [0.5, 0.6) is 0 Å². The van der Waals surface area contributed by atoms with E-state index in [0.29, 0.717) is 11.5 Å². The Labute approximate surface area is 93.4 Å². The van der Waals surface area contributed by atoms with Gasteiger partial charge in [-0.05, 0) is 18.4 Å². The number of aliphatic hydroxyl groups excluding tert-OH is 1. The number of rotatable bonds is 6. The highest BCUT2D eigenvalue weighted by Gasteiger charge is 2.26. The number of hydrogen-bond acceptors (Lipinski definition) is 5. The van der Waals surface area contributed by atoms with Crippen LogP contribution in [-0.4, -0.2) is 17.9 Å². The minimum absolute atomic E-state index is 0.253. The zero-order valence-electron chi connectivity index (χ0n) is 8.75. The molecule has 2 atom stereocenters. The van der Waals surface area contributed by atoms with Gasteiger partial charge in [0.05, 0.1) is 11.5 Å². The van der Waals surface area contributed by atoms with Gasteiger partial charge < -0.3 is 9.63 Å². The molecule has 1 rings (SSSR count). The number of thiophene rings is 1. The Hall–Kier alpha value is -0.190. The maximum Gasteiger partial charge on any atom is 0.333 e. The first-order valence-electron chi connectivity index (χ1n) is 4.74. The molecule has 0 unspecified atom stereocenters. The third-order valence-electron chi connectivity index (χ3n) is 1.76. The molecular weight excluding hydrogens is 235 g/mol. The highest BCUT2D eigenvalue weighted by atomic mass is 32.1. The van der Waals surface area contributed by atoms with E-state index in [2.05, 4.69) is 0 Å². The van der Waals surface area contributed by atoms with Gasteiger partial charge in [-0.25, -0.2) is 0 Å². The van der Waals surface area contributed by atoms with Gasteiger partial charge >= 0.3 is 7.60 Å². The van der Waals surface area contributed by atoms with Crippen LogP contribution in [0.15, 0.2) is 17.5 Å². The predicted molar refractivity (Wildman–Crippen MR) is 60.1 cm³/mol. The summed E-state index contributed by atoms with van der Waals surface area (Å²) in [5.41, 5.74) is 0. The van der Waals surface area contributed by atoms with Crippen LogP contribution in [0.25, 0.3) is 0 Å². The van der Waals surface area contributed by atoms with Crippen molar-refractivity contribution in [3.63, 3.8) is 0 Å². The summed E-state index contributed by atoms with van der Waals surface area (Å²) in [5, 5.41) is 11.5. The summed E-state index contributed by atoms with van der Waals surface area (Å²) in [4.78, 5) is 0.628. The first-order valence-corrected chi connectivity index (χ1v) is 7.35. The van der Waals surface area contributed by atoms with E-state index in [1.165, 1.54) is 11.3 Å². The molecule has 86 valence electrons. The topological polar surface area (TPSA) is 55.8 Å². The van der Waals surface area contributed by atoms with E-state index in [9.17, 15) is 9.67 Å². The largest absolute Gasteiger partial charge is 0.363 e. The molecule has 0 aromatic carbocycles. The molecule has 0 bridgehead atoms. The van der Waals surface area contributed by atoms with Crippen molar-refractivity contribution in [1.29, 1.82) is 0 Å². The predicted octanol–water partition coefficient (Wildman–Crippen LogP) is 3.01. The summed E-state index contributed by atoms with van der Waals surface area (Å²) in [6.45, 7) is 3.75. The summed E-state index contributed by atoms with van der Waals surface area (Å²) in [5.74, 6) is 0. The van der Waals surface area contributed by atoms with Crippen LogP contribution in [0, 0.1) is 0 Å². The first kappa shape index (κ1) is 12.9. The Balaban J connectivity index is 2.63. The average Bonchev–Trinajstić information content (AvgIpc) is 2.71. The Kier molecular flexibility index (Phi) is 4.96. The smallest absolute Gasteiger partial charge is 0.333 e. The van der Waals surface area contributed by atoms with Crippen LogP contribution in [0.4, 0.5) is 0 Å². The van der Waals surface area contributed by atoms with Crippen LogP contribution < -0.4 is 0 Å². The summed E-state index contributed by atoms with van der Waals surface area (Å²) in [6, 6.07) is 3.52. The van der Waals surface area contributed by atoms with E-state index in [-0.39, 0.29) is 6.16 Å². The van der Waals surface area contributed by atoms with Gasteiger partial charge in [0.15, 0.2) is 6.29 Å². The van der Waals surface area contributed by atoms with Crippen molar-refractivity contribution in [2.75, 3.05) is 12.8 Å². The van der Waals surface area contributed by atoms with Gasteiger partial charge in [0.1, 0.15) is 0 Å². The van der Waals surface area contributed by atoms with Crippen LogP contribution in [0.1, 0.15) is 25.0 Å². The monoisotopic (exact) mass is 250 g/mol. The van der Waals surface area contributed by atoms with E-state index < -0.39 is 13.9 Å². The van der Waals surface area contributed by atoms with Gasteiger partial charge in [-0.3, -0.25) is 9.09 Å². The Morgan fingerprint density at radius 2 is 2.33 bits per heavy atom. The van der Waals surface area contributed by atoms with Gasteiger partial charge in [-0.1, -0.05) is 13.0 Å². The molecule has 0 fully saturated rings. The summed E-state index contributed by atoms with van der Waals surface area (Å²) < 4.78 is 22.0. The molecule has 0 aliphatic heterocycles. The van der Waals surface area contributed by atoms with Crippen molar-refractivity contribution < 1.29 is 18.7 Å². The van der Waals surface area contributed by atoms with Gasteiger partial charge in [0.25, 0.3) is 0 Å². The Bertz CT molecular complexity index is 325. The fraction of sp³-hybridized carbons (Fsp3) is 0.556. The van der Waals surface area contributed by atoms with E-state index in [4.69, 9.17) is 9.05 Å². The molecule has 1 N–H and O–H groups in total. The third-order valence-corrected chi connectivity index (χ3v) is 4.61. The second-order valence-corrected chi connectivity index (χ2v) is 6.12. The second kappa shape index (κ2) is 5.77. The van der Waals surface area contributed by atoms with Gasteiger partial charge in [-0.15, -0.1) is 11.3 Å². The van der Waals surface area contributed by atoms with Crippen LogP contribution >= 0.6 is 18.9 Å². The zero-order chi connectivity index (χ0) is 11.3. The highest BCUT2D eigenvalue weighted by Crippen LogP contribution is 2.51. The van der Waals surface area contributed by atoms with E-state index in [1.807, 2.05) is 5.38 Å². The molecule has 0 spiro atoms. The summed E-state index contributed by atoms with van der Waals surface area (Å²) in [7, 11) is -3.14. The molecule has 0 radical (unpaired) electrons. The van der Waals surface area contributed by atoms with E-state index in [1.54, 1.807) is 26.0 Å². The lowest BCUT2D eigenvalue weighted by Gasteiger charge is -2.19. The Morgan fingerprint density at radius 3 is 2.80 bits per heavy atom.